The third-order valence-electron chi connectivity index (χ3n) is 5.64. The maximum Gasteiger partial charge on any atom is 0.201 e. The number of aliphatic hydroxyl groups excluding tert-OH is 1. The molecule has 6 N–H and O–H groups in total. The zero-order chi connectivity index (χ0) is 28.0. The number of carbonyl (C=O) groups is 2. The molecule has 0 spiro atoms. The molecule has 0 heterocycles. The van der Waals surface area contributed by atoms with E-state index in [4.69, 9.17) is 19.7 Å². The predicted molar refractivity (Wildman–Crippen MR) is 136 cm³/mol. The second-order valence-corrected chi connectivity index (χ2v) is 8.17. The van der Waals surface area contributed by atoms with E-state index in [1.165, 1.54) is 62.8 Å². The van der Waals surface area contributed by atoms with E-state index in [9.17, 15) is 30.0 Å². The topological polar surface area (TPSA) is 174 Å². The summed E-state index contributed by atoms with van der Waals surface area (Å²) in [6.45, 7) is 0. The number of ketones is 2. The fourth-order valence-corrected chi connectivity index (χ4v) is 3.58. The van der Waals surface area contributed by atoms with Gasteiger partial charge in [-0.1, -0.05) is 6.08 Å². The molecule has 0 fully saturated rings. The molecule has 1 aliphatic carbocycles. The van der Waals surface area contributed by atoms with Gasteiger partial charge in [0.1, 0.15) is 17.3 Å². The number of benzene rings is 3. The molecule has 0 aromatic heterocycles. The van der Waals surface area contributed by atoms with Crippen LogP contribution >= 0.6 is 0 Å². The molecular weight excluding hydrogens is 496 g/mol. The van der Waals surface area contributed by atoms with Crippen molar-refractivity contribution < 1.29 is 49.7 Å². The minimum Gasteiger partial charge on any atom is -0.508 e. The van der Waals surface area contributed by atoms with Gasteiger partial charge in [0.2, 0.25) is 11.5 Å². The van der Waals surface area contributed by atoms with E-state index in [0.717, 1.165) is 6.08 Å². The summed E-state index contributed by atoms with van der Waals surface area (Å²) in [5, 5.41) is 57.2. The van der Waals surface area contributed by atoms with Gasteiger partial charge < -0.3 is 40.1 Å². The summed E-state index contributed by atoms with van der Waals surface area (Å²) < 4.78 is 9.87. The number of hydrogen-bond donors (Lipinski definition) is 6. The van der Waals surface area contributed by atoms with Crippen molar-refractivity contribution in [1.82, 2.24) is 0 Å². The van der Waals surface area contributed by atoms with E-state index >= 15 is 0 Å². The van der Waals surface area contributed by atoms with E-state index in [1.54, 1.807) is 24.3 Å². The van der Waals surface area contributed by atoms with Gasteiger partial charge in [0.25, 0.3) is 0 Å². The average Bonchev–Trinajstić information content (AvgIpc) is 2.90. The Balaban J connectivity index is 0.000000212. The van der Waals surface area contributed by atoms with Crippen molar-refractivity contribution in [1.29, 1.82) is 0 Å². The summed E-state index contributed by atoms with van der Waals surface area (Å²) in [5.41, 5.74) is 0.629. The van der Waals surface area contributed by atoms with Crippen LogP contribution in [0, 0.1) is 5.92 Å². The molecule has 1 unspecified atom stereocenters. The first-order valence-corrected chi connectivity index (χ1v) is 11.1. The molecular formula is C28H26O10. The minimum atomic E-state index is -2.42. The summed E-state index contributed by atoms with van der Waals surface area (Å²) in [7, 11) is 2.89. The van der Waals surface area contributed by atoms with Gasteiger partial charge in [0, 0.05) is 17.2 Å². The Morgan fingerprint density at radius 3 is 1.92 bits per heavy atom. The lowest BCUT2D eigenvalue weighted by Crippen LogP contribution is -2.41. The van der Waals surface area contributed by atoms with Gasteiger partial charge in [-0.05, 0) is 66.7 Å². The number of methoxy groups -OCH3 is 2. The average molecular weight is 523 g/mol. The standard InChI is InChI=1S/C15H14O5.C13H12O5/c1-19-10-5-3-9(4-6-10)13(16)11-7-8-12(20-2)15(18)14(11)17;14-9-3-1-8(2-4-9)12(16)11-6-5-10(15)7-13(11,17)18/h3-8,17-18H,1-2H3;1-7,11,14-15,17-18H. The van der Waals surface area contributed by atoms with E-state index in [-0.39, 0.29) is 28.4 Å². The van der Waals surface area contributed by atoms with Crippen molar-refractivity contribution in [3.8, 4) is 28.7 Å². The Kier molecular flexibility index (Phi) is 8.41. The molecule has 3 aromatic carbocycles. The number of aromatic hydroxyl groups is 3. The number of carbonyl (C=O) groups excluding carboxylic acids is 2. The van der Waals surface area contributed by atoms with Crippen molar-refractivity contribution >= 4 is 11.6 Å². The van der Waals surface area contributed by atoms with Crippen LogP contribution in [0.5, 0.6) is 28.7 Å². The maximum atomic E-state index is 12.3. The first-order valence-electron chi connectivity index (χ1n) is 11.1. The molecule has 0 aliphatic heterocycles. The zero-order valence-corrected chi connectivity index (χ0v) is 20.4. The largest absolute Gasteiger partial charge is 0.508 e. The normalized spacial score (nSPS) is 15.5. The van der Waals surface area contributed by atoms with Gasteiger partial charge in [-0.15, -0.1) is 0 Å². The molecule has 0 saturated carbocycles. The van der Waals surface area contributed by atoms with E-state index < -0.39 is 34.8 Å². The fraction of sp³-hybridized carbons (Fsp3) is 0.143. The molecule has 10 heteroatoms. The Morgan fingerprint density at radius 1 is 0.763 bits per heavy atom. The summed E-state index contributed by atoms with van der Waals surface area (Å²) >= 11 is 0. The first-order chi connectivity index (χ1) is 18.0. The van der Waals surface area contributed by atoms with Crippen molar-refractivity contribution in [3.05, 3.63) is 101 Å². The highest BCUT2D eigenvalue weighted by atomic mass is 16.5. The van der Waals surface area contributed by atoms with Crippen LogP contribution in [0.15, 0.2) is 84.7 Å². The SMILES string of the molecule is COc1ccc(C(=O)c2ccc(OC)c(O)c2O)cc1.O=C(c1ccc(O)cc1)C1C=CC(O)=CC1(O)O. The number of aliphatic hydroxyl groups is 3. The highest BCUT2D eigenvalue weighted by molar-refractivity contribution is 6.11. The molecule has 0 saturated heterocycles. The van der Waals surface area contributed by atoms with Crippen molar-refractivity contribution in [3.63, 3.8) is 0 Å². The van der Waals surface area contributed by atoms with Gasteiger partial charge in [0.05, 0.1) is 25.7 Å². The van der Waals surface area contributed by atoms with E-state index in [0.29, 0.717) is 11.3 Å². The molecule has 1 aliphatic rings. The lowest BCUT2D eigenvalue weighted by atomic mass is 9.86. The van der Waals surface area contributed by atoms with Crippen LogP contribution < -0.4 is 9.47 Å². The summed E-state index contributed by atoms with van der Waals surface area (Å²) in [4.78, 5) is 24.3. The number of allylic oxidation sites excluding steroid dienone is 1. The quantitative estimate of drug-likeness (QED) is 0.160. The number of phenolic OH excluding ortho intramolecular Hbond substituents is 3. The molecule has 0 bridgehead atoms. The predicted octanol–water partition coefficient (Wildman–Crippen LogP) is 3.23. The lowest BCUT2D eigenvalue weighted by Gasteiger charge is -2.27. The van der Waals surface area contributed by atoms with Crippen molar-refractivity contribution in [2.45, 2.75) is 5.79 Å². The van der Waals surface area contributed by atoms with Gasteiger partial charge in [-0.2, -0.15) is 0 Å². The van der Waals surface area contributed by atoms with Gasteiger partial charge in [-0.25, -0.2) is 0 Å². The number of rotatable bonds is 6. The maximum absolute atomic E-state index is 12.3. The van der Waals surface area contributed by atoms with Crippen LogP contribution in [0.2, 0.25) is 0 Å². The van der Waals surface area contributed by atoms with E-state index in [2.05, 4.69) is 0 Å². The second kappa shape index (κ2) is 11.5. The Labute approximate surface area is 217 Å². The third-order valence-corrected chi connectivity index (χ3v) is 5.64. The van der Waals surface area contributed by atoms with Crippen LogP contribution in [0.3, 0.4) is 0 Å². The highest BCUT2D eigenvalue weighted by Gasteiger charge is 2.39. The summed E-state index contributed by atoms with van der Waals surface area (Å²) in [6.07, 6.45) is 3.26. The van der Waals surface area contributed by atoms with Crippen molar-refractivity contribution in [2.75, 3.05) is 14.2 Å². The minimum absolute atomic E-state index is 0.00784. The lowest BCUT2D eigenvalue weighted by molar-refractivity contribution is -0.138. The smallest absolute Gasteiger partial charge is 0.201 e. The fourth-order valence-electron chi connectivity index (χ4n) is 3.58. The highest BCUT2D eigenvalue weighted by Crippen LogP contribution is 2.38. The van der Waals surface area contributed by atoms with Gasteiger partial charge >= 0.3 is 0 Å². The monoisotopic (exact) mass is 522 g/mol. The van der Waals surface area contributed by atoms with Crippen LogP contribution in [0.4, 0.5) is 0 Å². The number of ether oxygens (including phenoxy) is 2. The molecule has 0 amide bonds. The summed E-state index contributed by atoms with van der Waals surface area (Å²) in [6, 6.07) is 14.7. The van der Waals surface area contributed by atoms with Crippen LogP contribution in [0.1, 0.15) is 26.3 Å². The Hall–Kier alpha value is -4.80. The zero-order valence-electron chi connectivity index (χ0n) is 20.4. The summed E-state index contributed by atoms with van der Waals surface area (Å²) in [5.74, 6) is -5.04. The molecule has 3 aromatic rings. The first kappa shape index (κ1) is 27.8. The molecule has 38 heavy (non-hydrogen) atoms. The molecule has 4 rings (SSSR count). The molecule has 198 valence electrons. The number of hydrogen-bond acceptors (Lipinski definition) is 10. The van der Waals surface area contributed by atoms with Crippen LogP contribution in [-0.4, -0.2) is 62.2 Å². The number of phenols is 3. The van der Waals surface area contributed by atoms with Crippen molar-refractivity contribution in [2.24, 2.45) is 5.92 Å². The van der Waals surface area contributed by atoms with E-state index in [1.807, 2.05) is 0 Å². The molecule has 10 nitrogen and oxygen atoms in total. The number of Topliss-reactive ketones (excluding diaryl/α,β-unsaturated/α-hetero) is 1. The molecule has 1 atom stereocenters. The van der Waals surface area contributed by atoms with Gasteiger partial charge in [-0.3, -0.25) is 9.59 Å². The second-order valence-electron chi connectivity index (χ2n) is 8.17. The van der Waals surface area contributed by atoms with Gasteiger partial charge in [0.15, 0.2) is 23.1 Å². The van der Waals surface area contributed by atoms with Crippen LogP contribution in [0.25, 0.3) is 0 Å². The third kappa shape index (κ3) is 6.12. The molecule has 0 radical (unpaired) electrons. The Bertz CT molecular complexity index is 1370. The Morgan fingerprint density at radius 2 is 1.37 bits per heavy atom. The van der Waals surface area contributed by atoms with Crippen LogP contribution in [-0.2, 0) is 0 Å².